The number of benzene rings is 2. The molecule has 0 fully saturated rings. The van der Waals surface area contributed by atoms with Gasteiger partial charge in [0.25, 0.3) is 0 Å². The van der Waals surface area contributed by atoms with Gasteiger partial charge in [-0.1, -0.05) is 17.7 Å². The van der Waals surface area contributed by atoms with Crippen molar-refractivity contribution in [1.29, 1.82) is 0 Å². The van der Waals surface area contributed by atoms with Gasteiger partial charge in [-0.25, -0.2) is 4.68 Å². The first-order valence-corrected chi connectivity index (χ1v) is 9.45. The van der Waals surface area contributed by atoms with Gasteiger partial charge in [0.1, 0.15) is 6.33 Å². The van der Waals surface area contributed by atoms with Crippen molar-refractivity contribution in [3.8, 4) is 11.5 Å². The second kappa shape index (κ2) is 7.63. The van der Waals surface area contributed by atoms with Crippen LogP contribution >= 0.6 is 11.6 Å². The maximum absolute atomic E-state index is 13.3. The molecule has 2 aromatic carbocycles. The first-order chi connectivity index (χ1) is 14.0. The average Bonchev–Trinajstić information content (AvgIpc) is 3.17. The third-order valence-electron chi connectivity index (χ3n) is 5.03. The number of anilines is 2. The molecule has 0 aliphatic carbocycles. The van der Waals surface area contributed by atoms with E-state index in [4.69, 9.17) is 16.3 Å². The number of rotatable bonds is 4. The number of amides is 1. The smallest absolute Gasteiger partial charge is 0.232 e. The van der Waals surface area contributed by atoms with Crippen LogP contribution in [0.25, 0.3) is 0 Å². The number of aromatic nitrogens is 3. The predicted molar refractivity (Wildman–Crippen MR) is 109 cm³/mol. The largest absolute Gasteiger partial charge is 0.504 e. The lowest BCUT2D eigenvalue weighted by molar-refractivity contribution is -0.121. The predicted octanol–water partition coefficient (Wildman–Crippen LogP) is 3.30. The van der Waals surface area contributed by atoms with Crippen LogP contribution in [-0.4, -0.2) is 38.9 Å². The zero-order valence-corrected chi connectivity index (χ0v) is 16.6. The van der Waals surface area contributed by atoms with Gasteiger partial charge in [0.05, 0.1) is 19.1 Å². The molecule has 1 aliphatic heterocycles. The highest BCUT2D eigenvalue weighted by atomic mass is 35.5. The standard InChI is InChI=1S/C20H20ClN5O3/c1-11-17(19(28)25-14-6-4-13(21)5-7-14)18(26-20(24-11)22-10-23-26)12-3-8-15(27)16(9-12)29-2/h3-11,17-18,27H,1-2H3,(H,25,28)(H,22,23,24)/t11-,17+,18+/m1/s1. The molecule has 150 valence electrons. The number of nitrogens with one attached hydrogen (secondary N) is 2. The molecular weight excluding hydrogens is 394 g/mol. The molecule has 3 N–H and O–H groups in total. The van der Waals surface area contributed by atoms with Crippen LogP contribution in [0.4, 0.5) is 11.6 Å². The number of nitrogens with zero attached hydrogens (tertiary/aromatic N) is 3. The minimum atomic E-state index is -0.505. The first-order valence-electron chi connectivity index (χ1n) is 9.07. The molecule has 9 heteroatoms. The third-order valence-corrected chi connectivity index (χ3v) is 5.28. The molecule has 3 aromatic rings. The van der Waals surface area contributed by atoms with E-state index in [2.05, 4.69) is 20.7 Å². The van der Waals surface area contributed by atoms with Crippen LogP contribution in [0.3, 0.4) is 0 Å². The number of halogens is 1. The van der Waals surface area contributed by atoms with Crippen LogP contribution in [0.1, 0.15) is 18.5 Å². The Hall–Kier alpha value is -3.26. The molecule has 0 saturated heterocycles. The minimum absolute atomic E-state index is 0.0270. The summed E-state index contributed by atoms with van der Waals surface area (Å²) in [6.07, 6.45) is 1.44. The maximum atomic E-state index is 13.3. The Morgan fingerprint density at radius 1 is 1.28 bits per heavy atom. The zero-order valence-electron chi connectivity index (χ0n) is 15.8. The molecule has 8 nitrogen and oxygen atoms in total. The van der Waals surface area contributed by atoms with E-state index in [0.29, 0.717) is 22.4 Å². The zero-order chi connectivity index (χ0) is 20.5. The second-order valence-corrected chi connectivity index (χ2v) is 7.30. The van der Waals surface area contributed by atoms with Gasteiger partial charge in [-0.2, -0.15) is 10.1 Å². The molecule has 1 amide bonds. The lowest BCUT2D eigenvalue weighted by Crippen LogP contribution is -2.46. The van der Waals surface area contributed by atoms with Crippen molar-refractivity contribution in [2.45, 2.75) is 19.0 Å². The summed E-state index contributed by atoms with van der Waals surface area (Å²) in [5.74, 6) is 0.246. The van der Waals surface area contributed by atoms with Gasteiger partial charge in [-0.15, -0.1) is 0 Å². The Morgan fingerprint density at radius 2 is 2.03 bits per heavy atom. The molecule has 4 rings (SSSR count). The summed E-state index contributed by atoms with van der Waals surface area (Å²) >= 11 is 5.93. The Morgan fingerprint density at radius 3 is 2.76 bits per heavy atom. The number of methoxy groups -OCH3 is 1. The number of hydrogen-bond donors (Lipinski definition) is 3. The van der Waals surface area contributed by atoms with Crippen LogP contribution in [0.5, 0.6) is 11.5 Å². The van der Waals surface area contributed by atoms with E-state index in [0.717, 1.165) is 5.56 Å². The quantitative estimate of drug-likeness (QED) is 0.606. The number of aromatic hydroxyl groups is 1. The van der Waals surface area contributed by atoms with Gasteiger partial charge in [-0.3, -0.25) is 4.79 Å². The number of carbonyl (C=O) groups is 1. The lowest BCUT2D eigenvalue weighted by Gasteiger charge is -2.37. The average molecular weight is 414 g/mol. The summed E-state index contributed by atoms with van der Waals surface area (Å²) < 4.78 is 6.93. The van der Waals surface area contributed by atoms with Crippen LogP contribution in [0.15, 0.2) is 48.8 Å². The van der Waals surface area contributed by atoms with E-state index in [1.54, 1.807) is 47.1 Å². The molecule has 29 heavy (non-hydrogen) atoms. The SMILES string of the molecule is COc1cc([C@H]2[C@@H](C(=O)Nc3ccc(Cl)cc3)[C@@H](C)Nc3ncnn32)ccc1O. The number of phenolic OH excluding ortho intramolecular Hbond substituents is 1. The van der Waals surface area contributed by atoms with Crippen LogP contribution < -0.4 is 15.4 Å². The number of phenols is 1. The van der Waals surface area contributed by atoms with Gasteiger partial charge in [0.15, 0.2) is 11.5 Å². The summed E-state index contributed by atoms with van der Waals surface area (Å²) in [4.78, 5) is 17.5. The molecule has 0 unspecified atom stereocenters. The third kappa shape index (κ3) is 3.58. The van der Waals surface area contributed by atoms with Crippen molar-refractivity contribution in [1.82, 2.24) is 14.8 Å². The molecule has 0 saturated carbocycles. The van der Waals surface area contributed by atoms with Gasteiger partial charge in [0, 0.05) is 16.8 Å². The van der Waals surface area contributed by atoms with Crippen molar-refractivity contribution >= 4 is 29.1 Å². The Balaban J connectivity index is 1.74. The van der Waals surface area contributed by atoms with E-state index in [1.165, 1.54) is 13.4 Å². The number of hydrogen-bond acceptors (Lipinski definition) is 6. The fraction of sp³-hybridized carbons (Fsp3) is 0.250. The number of carbonyl (C=O) groups excluding carboxylic acids is 1. The van der Waals surface area contributed by atoms with Gasteiger partial charge in [0.2, 0.25) is 11.9 Å². The van der Waals surface area contributed by atoms with Crippen LogP contribution in [-0.2, 0) is 4.79 Å². The molecule has 0 bridgehead atoms. The van der Waals surface area contributed by atoms with E-state index in [-0.39, 0.29) is 17.7 Å². The van der Waals surface area contributed by atoms with Crippen LogP contribution in [0.2, 0.25) is 5.02 Å². The van der Waals surface area contributed by atoms with Crippen molar-refractivity contribution in [2.24, 2.45) is 5.92 Å². The van der Waals surface area contributed by atoms with Crippen LogP contribution in [0, 0.1) is 5.92 Å². The van der Waals surface area contributed by atoms with Gasteiger partial charge in [-0.05, 0) is 48.9 Å². The van der Waals surface area contributed by atoms with Crippen molar-refractivity contribution in [3.63, 3.8) is 0 Å². The topological polar surface area (TPSA) is 101 Å². The highest BCUT2D eigenvalue weighted by Crippen LogP contribution is 2.39. The summed E-state index contributed by atoms with van der Waals surface area (Å²) in [6, 6.07) is 11.3. The molecule has 1 aliphatic rings. The summed E-state index contributed by atoms with van der Waals surface area (Å²) in [5, 5.41) is 21.1. The van der Waals surface area contributed by atoms with E-state index >= 15 is 0 Å². The van der Waals surface area contributed by atoms with Gasteiger partial charge < -0.3 is 20.5 Å². The summed E-state index contributed by atoms with van der Waals surface area (Å²) in [7, 11) is 1.48. The lowest BCUT2D eigenvalue weighted by atomic mass is 9.85. The van der Waals surface area contributed by atoms with E-state index in [1.807, 2.05) is 6.92 Å². The first kappa shape index (κ1) is 19.1. The Bertz CT molecular complexity index is 1040. The van der Waals surface area contributed by atoms with Crippen molar-refractivity contribution in [3.05, 3.63) is 59.4 Å². The number of ether oxygens (including phenoxy) is 1. The molecule has 0 radical (unpaired) electrons. The van der Waals surface area contributed by atoms with Gasteiger partial charge >= 0.3 is 0 Å². The highest BCUT2D eigenvalue weighted by Gasteiger charge is 2.41. The monoisotopic (exact) mass is 413 g/mol. The molecule has 0 spiro atoms. The van der Waals surface area contributed by atoms with Crippen molar-refractivity contribution in [2.75, 3.05) is 17.7 Å². The van der Waals surface area contributed by atoms with Crippen molar-refractivity contribution < 1.29 is 14.6 Å². The Kier molecular flexibility index (Phi) is 5.02. The fourth-order valence-corrected chi connectivity index (χ4v) is 3.76. The summed E-state index contributed by atoms with van der Waals surface area (Å²) in [5.41, 5.74) is 1.43. The Labute approximate surface area is 172 Å². The fourth-order valence-electron chi connectivity index (χ4n) is 3.63. The molecule has 2 heterocycles. The highest BCUT2D eigenvalue weighted by molar-refractivity contribution is 6.30. The number of fused-ring (bicyclic) bond motifs is 1. The molecular formula is C20H20ClN5O3. The minimum Gasteiger partial charge on any atom is -0.504 e. The summed E-state index contributed by atoms with van der Waals surface area (Å²) in [6.45, 7) is 1.93. The van der Waals surface area contributed by atoms with E-state index < -0.39 is 12.0 Å². The maximum Gasteiger partial charge on any atom is 0.232 e. The second-order valence-electron chi connectivity index (χ2n) is 6.86. The molecule has 1 aromatic heterocycles. The van der Waals surface area contributed by atoms with E-state index in [9.17, 15) is 9.90 Å². The normalized spacial score (nSPS) is 20.4. The molecule has 3 atom stereocenters.